The van der Waals surface area contributed by atoms with E-state index in [1.54, 1.807) is 12.1 Å². The van der Waals surface area contributed by atoms with E-state index < -0.39 is 0 Å². The molecule has 1 aromatic rings. The van der Waals surface area contributed by atoms with Crippen molar-refractivity contribution in [3.05, 3.63) is 22.8 Å². The highest BCUT2D eigenvalue weighted by Gasteiger charge is 2.09. The van der Waals surface area contributed by atoms with Gasteiger partial charge in [-0.05, 0) is 40.0 Å². The second-order valence-electron chi connectivity index (χ2n) is 4.92. The lowest BCUT2D eigenvalue weighted by molar-refractivity contribution is 0.0948. The largest absolute Gasteiger partial charge is 0.370 e. The molecule has 0 saturated carbocycles. The zero-order valence-electron chi connectivity index (χ0n) is 12.5. The van der Waals surface area contributed by atoms with Crippen LogP contribution >= 0.6 is 11.6 Å². The van der Waals surface area contributed by atoms with Crippen molar-refractivity contribution in [3.8, 4) is 0 Å². The summed E-state index contributed by atoms with van der Waals surface area (Å²) in [7, 11) is 2.03. The molecule has 0 atom stereocenters. The maximum Gasteiger partial charge on any atom is 0.251 e. The monoisotopic (exact) mass is 298 g/mol. The van der Waals surface area contributed by atoms with Crippen LogP contribution in [-0.4, -0.2) is 48.5 Å². The number of nitrogens with one attached hydrogen (secondary N) is 2. The van der Waals surface area contributed by atoms with Gasteiger partial charge in [0.15, 0.2) is 0 Å². The van der Waals surface area contributed by atoms with Crippen molar-refractivity contribution in [3.63, 3.8) is 0 Å². The van der Waals surface area contributed by atoms with E-state index in [2.05, 4.69) is 34.4 Å². The number of nitrogens with zero attached hydrogens (tertiary/aromatic N) is 2. The van der Waals surface area contributed by atoms with E-state index in [1.165, 1.54) is 0 Å². The van der Waals surface area contributed by atoms with Gasteiger partial charge in [0.2, 0.25) is 0 Å². The summed E-state index contributed by atoms with van der Waals surface area (Å²) in [6, 6.07) is 3.74. The van der Waals surface area contributed by atoms with Gasteiger partial charge in [-0.2, -0.15) is 0 Å². The molecule has 0 saturated heterocycles. The minimum atomic E-state index is -0.134. The standard InChI is InChI=1S/C14H23ClN4O/c1-5-16-13-9-11(8-12(15)18-13)14(20)17-6-7-19(4)10(2)3/h8-10H,5-7H2,1-4H3,(H,16,18)(H,17,20). The number of pyridine rings is 1. The smallest absolute Gasteiger partial charge is 0.251 e. The highest BCUT2D eigenvalue weighted by molar-refractivity contribution is 6.29. The molecule has 2 N–H and O–H groups in total. The number of halogens is 1. The summed E-state index contributed by atoms with van der Waals surface area (Å²) >= 11 is 5.92. The molecule has 1 rings (SSSR count). The molecule has 0 aliphatic rings. The second kappa shape index (κ2) is 8.07. The van der Waals surface area contributed by atoms with E-state index in [9.17, 15) is 4.79 Å². The zero-order valence-corrected chi connectivity index (χ0v) is 13.3. The van der Waals surface area contributed by atoms with Crippen LogP contribution in [0, 0.1) is 0 Å². The molecule has 0 aromatic carbocycles. The van der Waals surface area contributed by atoms with E-state index in [0.29, 0.717) is 29.1 Å². The van der Waals surface area contributed by atoms with Crippen molar-refractivity contribution < 1.29 is 4.79 Å². The molecule has 0 aliphatic heterocycles. The molecule has 1 amide bonds. The Morgan fingerprint density at radius 2 is 2.15 bits per heavy atom. The lowest BCUT2D eigenvalue weighted by Crippen LogP contribution is -2.36. The molecule has 0 radical (unpaired) electrons. The third-order valence-corrected chi connectivity index (χ3v) is 3.24. The van der Waals surface area contributed by atoms with Gasteiger partial charge >= 0.3 is 0 Å². The van der Waals surface area contributed by atoms with Gasteiger partial charge < -0.3 is 15.5 Å². The lowest BCUT2D eigenvalue weighted by Gasteiger charge is -2.20. The van der Waals surface area contributed by atoms with Crippen LogP contribution in [0.1, 0.15) is 31.1 Å². The molecule has 0 fully saturated rings. The maximum atomic E-state index is 12.1. The molecule has 0 bridgehead atoms. The number of carbonyl (C=O) groups is 1. The van der Waals surface area contributed by atoms with Gasteiger partial charge in [-0.15, -0.1) is 0 Å². The van der Waals surface area contributed by atoms with E-state index in [4.69, 9.17) is 11.6 Å². The van der Waals surface area contributed by atoms with Gasteiger partial charge in [-0.25, -0.2) is 4.98 Å². The molecular formula is C14H23ClN4O. The minimum absolute atomic E-state index is 0.134. The van der Waals surface area contributed by atoms with E-state index in [1.807, 2.05) is 14.0 Å². The van der Waals surface area contributed by atoms with Gasteiger partial charge in [0.25, 0.3) is 5.91 Å². The number of rotatable bonds is 7. The summed E-state index contributed by atoms with van der Waals surface area (Å²) in [5.74, 6) is 0.482. The molecule has 1 heterocycles. The highest BCUT2D eigenvalue weighted by atomic mass is 35.5. The Hall–Kier alpha value is -1.33. The van der Waals surface area contributed by atoms with Crippen LogP contribution in [0.25, 0.3) is 0 Å². The second-order valence-corrected chi connectivity index (χ2v) is 5.31. The van der Waals surface area contributed by atoms with Crippen molar-refractivity contribution in [1.82, 2.24) is 15.2 Å². The predicted octanol–water partition coefficient (Wildman–Crippen LogP) is 2.24. The van der Waals surface area contributed by atoms with Crippen molar-refractivity contribution in [2.75, 3.05) is 32.0 Å². The molecule has 0 unspecified atom stereocenters. The van der Waals surface area contributed by atoms with Crippen LogP contribution in [-0.2, 0) is 0 Å². The number of amides is 1. The van der Waals surface area contributed by atoms with Crippen LogP contribution in [0.15, 0.2) is 12.1 Å². The molecule has 1 aromatic heterocycles. The lowest BCUT2D eigenvalue weighted by atomic mass is 10.2. The first-order chi connectivity index (χ1) is 9.43. The summed E-state index contributed by atoms with van der Waals surface area (Å²) in [6.45, 7) is 8.34. The maximum absolute atomic E-state index is 12.1. The number of hydrogen-bond acceptors (Lipinski definition) is 4. The molecule has 112 valence electrons. The van der Waals surface area contributed by atoms with E-state index in [-0.39, 0.29) is 5.91 Å². The van der Waals surface area contributed by atoms with E-state index >= 15 is 0 Å². The molecular weight excluding hydrogens is 276 g/mol. The Morgan fingerprint density at radius 3 is 2.75 bits per heavy atom. The highest BCUT2D eigenvalue weighted by Crippen LogP contribution is 2.14. The van der Waals surface area contributed by atoms with Crippen LogP contribution < -0.4 is 10.6 Å². The molecule has 0 spiro atoms. The number of aromatic nitrogens is 1. The van der Waals surface area contributed by atoms with E-state index in [0.717, 1.165) is 13.1 Å². The summed E-state index contributed by atoms with van der Waals surface area (Å²) in [6.07, 6.45) is 0. The topological polar surface area (TPSA) is 57.3 Å². The Bertz CT molecular complexity index is 451. The van der Waals surface area contributed by atoms with Crippen LogP contribution in [0.2, 0.25) is 5.15 Å². The average Bonchev–Trinajstić information content (AvgIpc) is 2.38. The third-order valence-electron chi connectivity index (χ3n) is 3.05. The van der Waals surface area contributed by atoms with Crippen molar-refractivity contribution in [1.29, 1.82) is 0 Å². The number of anilines is 1. The summed E-state index contributed by atoms with van der Waals surface area (Å²) in [5, 5.41) is 6.25. The average molecular weight is 299 g/mol. The fraction of sp³-hybridized carbons (Fsp3) is 0.571. The van der Waals surface area contributed by atoms with Crippen LogP contribution in [0.4, 0.5) is 5.82 Å². The molecule has 6 heteroatoms. The summed E-state index contributed by atoms with van der Waals surface area (Å²) in [5.41, 5.74) is 0.521. The SMILES string of the molecule is CCNc1cc(C(=O)NCCN(C)C(C)C)cc(Cl)n1. The quantitative estimate of drug-likeness (QED) is 0.758. The Morgan fingerprint density at radius 1 is 1.45 bits per heavy atom. The first kappa shape index (κ1) is 16.7. The fourth-order valence-electron chi connectivity index (χ4n) is 1.61. The first-order valence-corrected chi connectivity index (χ1v) is 7.21. The van der Waals surface area contributed by atoms with Gasteiger partial charge in [0.1, 0.15) is 11.0 Å². The number of likely N-dealkylation sites (N-methyl/N-ethyl adjacent to an activating group) is 1. The van der Waals surface area contributed by atoms with Gasteiger partial charge in [0.05, 0.1) is 0 Å². The van der Waals surface area contributed by atoms with Crippen molar-refractivity contribution in [2.45, 2.75) is 26.8 Å². The minimum Gasteiger partial charge on any atom is -0.370 e. The number of hydrogen-bond donors (Lipinski definition) is 2. The van der Waals surface area contributed by atoms with Gasteiger partial charge in [-0.3, -0.25) is 4.79 Å². The first-order valence-electron chi connectivity index (χ1n) is 6.84. The van der Waals surface area contributed by atoms with Crippen LogP contribution in [0.5, 0.6) is 0 Å². The fourth-order valence-corrected chi connectivity index (χ4v) is 1.81. The van der Waals surface area contributed by atoms with Crippen molar-refractivity contribution in [2.24, 2.45) is 0 Å². The molecule has 5 nitrogen and oxygen atoms in total. The van der Waals surface area contributed by atoms with Crippen LogP contribution in [0.3, 0.4) is 0 Å². The van der Waals surface area contributed by atoms with Gasteiger partial charge in [0, 0.05) is 31.2 Å². The van der Waals surface area contributed by atoms with Crippen molar-refractivity contribution >= 4 is 23.3 Å². The molecule has 20 heavy (non-hydrogen) atoms. The Balaban J connectivity index is 2.59. The summed E-state index contributed by atoms with van der Waals surface area (Å²) in [4.78, 5) is 18.3. The zero-order chi connectivity index (χ0) is 15.1. The summed E-state index contributed by atoms with van der Waals surface area (Å²) < 4.78 is 0. The number of carbonyl (C=O) groups excluding carboxylic acids is 1. The predicted molar refractivity (Wildman–Crippen MR) is 83.5 cm³/mol. The Labute approximate surface area is 125 Å². The normalized spacial score (nSPS) is 10.9. The van der Waals surface area contributed by atoms with Gasteiger partial charge in [-0.1, -0.05) is 11.6 Å². The molecule has 0 aliphatic carbocycles. The third kappa shape index (κ3) is 5.35. The Kier molecular flexibility index (Phi) is 6.75.